The lowest BCUT2D eigenvalue weighted by Crippen LogP contribution is -2.26. The fourth-order valence-electron chi connectivity index (χ4n) is 7.92. The van der Waals surface area contributed by atoms with Crippen molar-refractivity contribution >= 4 is 0 Å². The lowest BCUT2D eigenvalue weighted by Gasteiger charge is -2.24. The van der Waals surface area contributed by atoms with Crippen molar-refractivity contribution in [2.75, 3.05) is 28.4 Å². The minimum atomic E-state index is -1.11. The standard InChI is InChI=1S/C42H34F2N2O4/c1-47-27-13-25(14-28(17-27)48-2)41(23-45)19-33-34(20-41)40(32-10-6-8-12-38(32)44)36-22-42(24-46,26-15-29(49-3)18-30(16-26)50-4)21-35(36)39(33)31-9-5-7-11-37(31)43/h5-18H,19-22H2,1-4H3. The molecule has 0 amide bonds. The van der Waals surface area contributed by atoms with Crippen molar-refractivity contribution < 1.29 is 27.7 Å². The van der Waals surface area contributed by atoms with Crippen LogP contribution in [0, 0.1) is 34.3 Å². The molecule has 6 nitrogen and oxygen atoms in total. The van der Waals surface area contributed by atoms with Crippen molar-refractivity contribution in [3.63, 3.8) is 0 Å². The number of fused-ring (bicyclic) bond motifs is 2. The molecule has 2 aliphatic carbocycles. The third-order valence-corrected chi connectivity index (χ3v) is 10.4. The quantitative estimate of drug-likeness (QED) is 0.165. The van der Waals surface area contributed by atoms with Gasteiger partial charge in [0.1, 0.15) is 34.6 Å². The summed E-state index contributed by atoms with van der Waals surface area (Å²) in [7, 11) is 6.21. The van der Waals surface area contributed by atoms with Crippen LogP contribution in [-0.2, 0) is 36.5 Å². The molecule has 0 fully saturated rings. The number of rotatable bonds is 8. The SMILES string of the molecule is COc1cc(OC)cc(C2(C#N)Cc3c(c(-c4ccccc4F)c4c(c3-c3ccccc3F)CC(C#N)(c3cc(OC)cc(OC)c3)C4)C2)c1. The first-order chi connectivity index (χ1) is 24.2. The van der Waals surface area contributed by atoms with E-state index in [9.17, 15) is 10.5 Å². The van der Waals surface area contributed by atoms with Crippen molar-refractivity contribution in [1.29, 1.82) is 10.5 Å². The summed E-state index contributed by atoms with van der Waals surface area (Å²) >= 11 is 0. The van der Waals surface area contributed by atoms with Crippen molar-refractivity contribution in [2.45, 2.75) is 36.5 Å². The van der Waals surface area contributed by atoms with E-state index in [4.69, 9.17) is 18.9 Å². The van der Waals surface area contributed by atoms with Gasteiger partial charge in [-0.25, -0.2) is 8.78 Å². The Morgan fingerprint density at radius 3 is 1.06 bits per heavy atom. The first-order valence-corrected chi connectivity index (χ1v) is 16.2. The Morgan fingerprint density at radius 1 is 0.500 bits per heavy atom. The summed E-state index contributed by atoms with van der Waals surface area (Å²) in [5.41, 5.74) is 4.21. The molecule has 0 aromatic heterocycles. The predicted molar refractivity (Wildman–Crippen MR) is 186 cm³/mol. The number of halogens is 2. The van der Waals surface area contributed by atoms with E-state index in [2.05, 4.69) is 12.1 Å². The van der Waals surface area contributed by atoms with Gasteiger partial charge in [-0.3, -0.25) is 0 Å². The van der Waals surface area contributed by atoms with Crippen LogP contribution >= 0.6 is 0 Å². The molecular weight excluding hydrogens is 634 g/mol. The van der Waals surface area contributed by atoms with Gasteiger partial charge in [0.2, 0.25) is 0 Å². The van der Waals surface area contributed by atoms with Crippen molar-refractivity contribution in [1.82, 2.24) is 0 Å². The molecule has 5 aromatic rings. The van der Waals surface area contributed by atoms with Crippen LogP contribution in [0.3, 0.4) is 0 Å². The van der Waals surface area contributed by atoms with Gasteiger partial charge in [-0.1, -0.05) is 36.4 Å². The summed E-state index contributed by atoms with van der Waals surface area (Å²) in [6.07, 6.45) is 0.889. The van der Waals surface area contributed by atoms with E-state index < -0.39 is 22.5 Å². The number of nitrogens with zero attached hydrogens (tertiary/aromatic N) is 2. The van der Waals surface area contributed by atoms with Crippen LogP contribution in [0.15, 0.2) is 84.9 Å². The molecule has 5 aromatic carbocycles. The van der Waals surface area contributed by atoms with Crippen LogP contribution in [-0.4, -0.2) is 28.4 Å². The van der Waals surface area contributed by atoms with Crippen LogP contribution in [0.2, 0.25) is 0 Å². The van der Waals surface area contributed by atoms with Gasteiger partial charge in [-0.2, -0.15) is 10.5 Å². The first-order valence-electron chi connectivity index (χ1n) is 16.2. The zero-order valence-electron chi connectivity index (χ0n) is 28.2. The van der Waals surface area contributed by atoms with E-state index >= 15 is 8.78 Å². The van der Waals surface area contributed by atoms with Crippen molar-refractivity contribution in [3.8, 4) is 57.4 Å². The molecule has 0 bridgehead atoms. The fourth-order valence-corrected chi connectivity index (χ4v) is 7.92. The van der Waals surface area contributed by atoms with E-state index in [0.717, 1.165) is 22.3 Å². The molecule has 0 saturated heterocycles. The summed E-state index contributed by atoms with van der Waals surface area (Å²) in [6.45, 7) is 0. The molecular formula is C42H34F2N2O4. The lowest BCUT2D eigenvalue weighted by atomic mass is 9.77. The Balaban J connectivity index is 1.56. The maximum absolute atomic E-state index is 16.0. The molecule has 0 aliphatic heterocycles. The molecule has 250 valence electrons. The van der Waals surface area contributed by atoms with E-state index in [-0.39, 0.29) is 25.7 Å². The monoisotopic (exact) mass is 668 g/mol. The van der Waals surface area contributed by atoms with Crippen LogP contribution in [0.5, 0.6) is 23.0 Å². The second kappa shape index (κ2) is 12.5. The molecule has 0 saturated carbocycles. The van der Waals surface area contributed by atoms with Gasteiger partial charge in [-0.05, 0) is 107 Å². The highest BCUT2D eigenvalue weighted by Gasteiger charge is 2.49. The minimum Gasteiger partial charge on any atom is -0.497 e. The van der Waals surface area contributed by atoms with Gasteiger partial charge in [-0.15, -0.1) is 0 Å². The molecule has 2 aliphatic rings. The smallest absolute Gasteiger partial charge is 0.131 e. The molecule has 0 N–H and O–H groups in total. The van der Waals surface area contributed by atoms with Crippen LogP contribution in [0.1, 0.15) is 33.4 Å². The number of hydrogen-bond acceptors (Lipinski definition) is 6. The van der Waals surface area contributed by atoms with Crippen LogP contribution in [0.4, 0.5) is 8.78 Å². The van der Waals surface area contributed by atoms with Gasteiger partial charge in [0.05, 0.1) is 51.4 Å². The van der Waals surface area contributed by atoms with Crippen LogP contribution < -0.4 is 18.9 Å². The Hall–Kier alpha value is -5.86. The summed E-state index contributed by atoms with van der Waals surface area (Å²) < 4.78 is 54.4. The Kier molecular flexibility index (Phi) is 8.20. The van der Waals surface area contributed by atoms with E-state index in [1.807, 2.05) is 24.3 Å². The van der Waals surface area contributed by atoms with E-state index in [1.54, 1.807) is 77.0 Å². The lowest BCUT2D eigenvalue weighted by molar-refractivity contribution is 0.391. The molecule has 0 radical (unpaired) electrons. The normalized spacial score (nSPS) is 15.0. The second-order valence-electron chi connectivity index (χ2n) is 12.9. The maximum Gasteiger partial charge on any atom is 0.131 e. The molecule has 0 spiro atoms. The average molecular weight is 669 g/mol. The maximum atomic E-state index is 16.0. The second-order valence-corrected chi connectivity index (χ2v) is 12.9. The van der Waals surface area contributed by atoms with Gasteiger partial charge >= 0.3 is 0 Å². The Labute approximate surface area is 290 Å². The molecule has 8 heteroatoms. The first kappa shape index (κ1) is 32.7. The molecule has 50 heavy (non-hydrogen) atoms. The van der Waals surface area contributed by atoms with Crippen LogP contribution in [0.25, 0.3) is 22.3 Å². The fraction of sp³-hybridized carbons (Fsp3) is 0.238. The summed E-state index contributed by atoms with van der Waals surface area (Å²) in [6, 6.07) is 29.1. The number of benzene rings is 5. The molecule has 7 rings (SSSR count). The number of nitriles is 2. The third kappa shape index (κ3) is 5.11. The molecule has 0 unspecified atom stereocenters. The topological polar surface area (TPSA) is 84.5 Å². The highest BCUT2D eigenvalue weighted by molar-refractivity contribution is 5.87. The summed E-state index contributed by atoms with van der Waals surface area (Å²) in [5, 5.41) is 22.1. The van der Waals surface area contributed by atoms with Gasteiger partial charge in [0.15, 0.2) is 0 Å². The zero-order valence-corrected chi connectivity index (χ0v) is 28.2. The average Bonchev–Trinajstić information content (AvgIpc) is 3.75. The highest BCUT2D eigenvalue weighted by Crippen LogP contribution is 2.56. The zero-order chi connectivity index (χ0) is 35.2. The van der Waals surface area contributed by atoms with Gasteiger partial charge < -0.3 is 18.9 Å². The highest BCUT2D eigenvalue weighted by atomic mass is 19.1. The Morgan fingerprint density at radius 2 is 0.800 bits per heavy atom. The summed E-state index contributed by atoms with van der Waals surface area (Å²) in [4.78, 5) is 0. The van der Waals surface area contributed by atoms with E-state index in [0.29, 0.717) is 56.4 Å². The van der Waals surface area contributed by atoms with Gasteiger partial charge in [0.25, 0.3) is 0 Å². The van der Waals surface area contributed by atoms with E-state index in [1.165, 1.54) is 12.1 Å². The predicted octanol–water partition coefficient (Wildman–Crippen LogP) is 8.45. The minimum absolute atomic E-state index is 0.222. The van der Waals surface area contributed by atoms with Gasteiger partial charge in [0, 0.05) is 23.3 Å². The number of hydrogen-bond donors (Lipinski definition) is 0. The number of ether oxygens (including phenoxy) is 4. The van der Waals surface area contributed by atoms with Crippen molar-refractivity contribution in [2.24, 2.45) is 0 Å². The molecule has 0 heterocycles. The number of methoxy groups -OCH3 is 4. The third-order valence-electron chi connectivity index (χ3n) is 10.4. The van der Waals surface area contributed by atoms with Crippen molar-refractivity contribution in [3.05, 3.63) is 130 Å². The Bertz CT molecular complexity index is 2010. The largest absolute Gasteiger partial charge is 0.497 e. The molecule has 0 atom stereocenters. The summed E-state index contributed by atoms with van der Waals surface area (Å²) in [5.74, 6) is 1.27.